The number of aromatic nitrogens is 2. The molecule has 0 amide bonds. The van der Waals surface area contributed by atoms with Crippen LogP contribution in [-0.4, -0.2) is 9.38 Å². The Morgan fingerprint density at radius 2 is 1.89 bits per heavy atom. The molecule has 0 atom stereocenters. The van der Waals surface area contributed by atoms with Crippen molar-refractivity contribution in [1.82, 2.24) is 9.38 Å². The maximum Gasteiger partial charge on any atom is 0.127 e. The van der Waals surface area contributed by atoms with Gasteiger partial charge in [-0.1, -0.05) is 12.1 Å². The zero-order valence-corrected chi connectivity index (χ0v) is 9.68. The van der Waals surface area contributed by atoms with Crippen LogP contribution >= 0.6 is 0 Å². The molecule has 90 valence electrons. The number of imidazole rings is 1. The number of hydrogen-bond acceptors (Lipinski definition) is 2. The van der Waals surface area contributed by atoms with Crippen LogP contribution in [0.15, 0.2) is 48.8 Å². The number of benzene rings is 1. The first-order valence-electron chi connectivity index (χ1n) is 5.70. The smallest absolute Gasteiger partial charge is 0.127 e. The molecular weight excluding hydrogens is 229 g/mol. The van der Waals surface area contributed by atoms with Gasteiger partial charge in [-0.2, -0.15) is 0 Å². The van der Waals surface area contributed by atoms with E-state index in [9.17, 15) is 4.39 Å². The Bertz CT molecular complexity index is 686. The summed E-state index contributed by atoms with van der Waals surface area (Å²) in [6, 6.07) is 10.4. The number of hydrogen-bond donors (Lipinski definition) is 1. The van der Waals surface area contributed by atoms with Gasteiger partial charge in [-0.25, -0.2) is 9.37 Å². The summed E-state index contributed by atoms with van der Waals surface area (Å²) in [5.41, 5.74) is 8.60. The van der Waals surface area contributed by atoms with Gasteiger partial charge in [0.2, 0.25) is 0 Å². The summed E-state index contributed by atoms with van der Waals surface area (Å²) < 4.78 is 14.8. The molecule has 3 nitrogen and oxygen atoms in total. The fourth-order valence-electron chi connectivity index (χ4n) is 2.03. The van der Waals surface area contributed by atoms with Crippen molar-refractivity contribution in [3.8, 4) is 11.1 Å². The third-order valence-electron chi connectivity index (χ3n) is 2.97. The molecule has 0 aliphatic carbocycles. The Kier molecular flexibility index (Phi) is 2.57. The van der Waals surface area contributed by atoms with Gasteiger partial charge in [0, 0.05) is 6.20 Å². The third-order valence-corrected chi connectivity index (χ3v) is 2.97. The van der Waals surface area contributed by atoms with Crippen molar-refractivity contribution in [3.05, 3.63) is 60.4 Å². The lowest BCUT2D eigenvalue weighted by Crippen LogP contribution is -2.02. The van der Waals surface area contributed by atoms with Gasteiger partial charge in [-0.3, -0.25) is 0 Å². The summed E-state index contributed by atoms with van der Waals surface area (Å²) in [6.45, 7) is 0.407. The van der Waals surface area contributed by atoms with Crippen molar-refractivity contribution < 1.29 is 4.39 Å². The van der Waals surface area contributed by atoms with Crippen molar-refractivity contribution in [1.29, 1.82) is 0 Å². The van der Waals surface area contributed by atoms with Gasteiger partial charge in [-0.05, 0) is 35.4 Å². The van der Waals surface area contributed by atoms with Gasteiger partial charge in [0.15, 0.2) is 0 Å². The summed E-state index contributed by atoms with van der Waals surface area (Å²) >= 11 is 0. The second-order valence-corrected chi connectivity index (χ2v) is 4.10. The molecule has 2 N–H and O–H groups in total. The van der Waals surface area contributed by atoms with Crippen LogP contribution in [0, 0.1) is 5.82 Å². The first-order valence-corrected chi connectivity index (χ1v) is 5.70. The molecule has 0 saturated heterocycles. The lowest BCUT2D eigenvalue weighted by molar-refractivity contribution is 0.628. The number of pyridine rings is 1. The molecule has 0 aliphatic heterocycles. The van der Waals surface area contributed by atoms with Crippen LogP contribution in [0.3, 0.4) is 0 Å². The average Bonchev–Trinajstić information content (AvgIpc) is 2.81. The molecule has 0 bridgehead atoms. The van der Waals surface area contributed by atoms with Crippen molar-refractivity contribution in [2.24, 2.45) is 5.73 Å². The molecule has 0 fully saturated rings. The van der Waals surface area contributed by atoms with Gasteiger partial charge in [0.25, 0.3) is 0 Å². The fraction of sp³-hybridized carbons (Fsp3) is 0.0714. The Morgan fingerprint density at radius 1 is 1.11 bits per heavy atom. The molecular formula is C14H12FN3. The molecule has 18 heavy (non-hydrogen) atoms. The van der Waals surface area contributed by atoms with Gasteiger partial charge >= 0.3 is 0 Å². The zero-order valence-electron chi connectivity index (χ0n) is 9.68. The van der Waals surface area contributed by atoms with E-state index in [0.717, 1.165) is 22.5 Å². The monoisotopic (exact) mass is 241 g/mol. The summed E-state index contributed by atoms with van der Waals surface area (Å²) in [5.74, 6) is 0.602. The molecule has 0 aliphatic rings. The lowest BCUT2D eigenvalue weighted by Gasteiger charge is -2.04. The van der Waals surface area contributed by atoms with E-state index in [1.54, 1.807) is 18.3 Å². The second kappa shape index (κ2) is 4.23. The second-order valence-electron chi connectivity index (χ2n) is 4.10. The maximum absolute atomic E-state index is 12.9. The summed E-state index contributed by atoms with van der Waals surface area (Å²) in [5, 5.41) is 0. The SMILES string of the molecule is NCc1ncc2cc(-c3ccc(F)cc3)ccn12. The Hall–Kier alpha value is -2.20. The minimum Gasteiger partial charge on any atom is -0.324 e. The van der Waals surface area contributed by atoms with Crippen molar-refractivity contribution in [2.75, 3.05) is 0 Å². The summed E-state index contributed by atoms with van der Waals surface area (Å²) in [6.07, 6.45) is 3.72. The first kappa shape index (κ1) is 10.9. The quantitative estimate of drug-likeness (QED) is 0.749. The Labute approximate surface area is 104 Å². The molecule has 0 spiro atoms. The largest absolute Gasteiger partial charge is 0.324 e. The Morgan fingerprint density at radius 3 is 2.61 bits per heavy atom. The summed E-state index contributed by atoms with van der Waals surface area (Å²) in [4.78, 5) is 4.24. The van der Waals surface area contributed by atoms with Crippen molar-refractivity contribution in [2.45, 2.75) is 6.54 Å². The molecule has 2 aromatic heterocycles. The molecule has 0 unspecified atom stereocenters. The van der Waals surface area contributed by atoms with E-state index in [1.807, 2.05) is 22.7 Å². The van der Waals surface area contributed by atoms with Crippen LogP contribution in [0.5, 0.6) is 0 Å². The summed E-state index contributed by atoms with van der Waals surface area (Å²) in [7, 11) is 0. The highest BCUT2D eigenvalue weighted by Crippen LogP contribution is 2.21. The molecule has 2 heterocycles. The van der Waals surface area contributed by atoms with E-state index in [0.29, 0.717) is 6.54 Å². The topological polar surface area (TPSA) is 43.3 Å². The highest BCUT2D eigenvalue weighted by Gasteiger charge is 2.04. The minimum atomic E-state index is -0.227. The average molecular weight is 241 g/mol. The van der Waals surface area contributed by atoms with Gasteiger partial charge in [0.1, 0.15) is 11.6 Å². The predicted molar refractivity (Wildman–Crippen MR) is 68.5 cm³/mol. The molecule has 0 radical (unpaired) electrons. The van der Waals surface area contributed by atoms with Crippen molar-refractivity contribution >= 4 is 5.52 Å². The van der Waals surface area contributed by atoms with Crippen LogP contribution in [0.4, 0.5) is 4.39 Å². The van der Waals surface area contributed by atoms with E-state index in [2.05, 4.69) is 4.98 Å². The van der Waals surface area contributed by atoms with E-state index in [4.69, 9.17) is 5.73 Å². The normalized spacial score (nSPS) is 11.0. The van der Waals surface area contributed by atoms with Crippen LogP contribution < -0.4 is 5.73 Å². The van der Waals surface area contributed by atoms with Crippen LogP contribution in [0.25, 0.3) is 16.6 Å². The highest BCUT2D eigenvalue weighted by molar-refractivity contribution is 5.68. The van der Waals surface area contributed by atoms with Crippen LogP contribution in [-0.2, 0) is 6.54 Å². The number of rotatable bonds is 2. The predicted octanol–water partition coefficient (Wildman–Crippen LogP) is 2.60. The lowest BCUT2D eigenvalue weighted by atomic mass is 10.1. The number of fused-ring (bicyclic) bond motifs is 1. The fourth-order valence-corrected chi connectivity index (χ4v) is 2.03. The van der Waals surface area contributed by atoms with E-state index in [1.165, 1.54) is 12.1 Å². The van der Waals surface area contributed by atoms with Gasteiger partial charge in [-0.15, -0.1) is 0 Å². The number of halogens is 1. The molecule has 1 aromatic carbocycles. The maximum atomic E-state index is 12.9. The zero-order chi connectivity index (χ0) is 12.5. The van der Waals surface area contributed by atoms with E-state index in [-0.39, 0.29) is 5.82 Å². The Balaban J connectivity index is 2.10. The van der Waals surface area contributed by atoms with Gasteiger partial charge in [0.05, 0.1) is 18.3 Å². The van der Waals surface area contributed by atoms with E-state index < -0.39 is 0 Å². The van der Waals surface area contributed by atoms with Crippen LogP contribution in [0.2, 0.25) is 0 Å². The van der Waals surface area contributed by atoms with Crippen molar-refractivity contribution in [3.63, 3.8) is 0 Å². The molecule has 4 heteroatoms. The highest BCUT2D eigenvalue weighted by atomic mass is 19.1. The van der Waals surface area contributed by atoms with E-state index >= 15 is 0 Å². The number of nitrogens with zero attached hydrogens (tertiary/aromatic N) is 2. The van der Waals surface area contributed by atoms with Gasteiger partial charge < -0.3 is 10.1 Å². The minimum absolute atomic E-state index is 0.227. The third kappa shape index (κ3) is 1.76. The molecule has 3 aromatic rings. The van der Waals surface area contributed by atoms with Crippen LogP contribution in [0.1, 0.15) is 5.82 Å². The first-order chi connectivity index (χ1) is 8.78. The number of nitrogens with two attached hydrogens (primary N) is 1. The molecule has 0 saturated carbocycles. The standard InChI is InChI=1S/C14H12FN3/c15-12-3-1-10(2-4-12)11-5-6-18-13(7-11)9-17-14(18)8-16/h1-7,9H,8,16H2. The molecule has 3 rings (SSSR count).